The number of amides is 1. The summed E-state index contributed by atoms with van der Waals surface area (Å²) in [6, 6.07) is 15.2. The number of nitrogens with one attached hydrogen (secondary N) is 1. The van der Waals surface area contributed by atoms with Gasteiger partial charge in [-0.05, 0) is 43.3 Å². The summed E-state index contributed by atoms with van der Waals surface area (Å²) in [5.74, 6) is -2.81. The third-order valence-corrected chi connectivity index (χ3v) is 4.91. The fourth-order valence-electron chi connectivity index (χ4n) is 3.37. The molecule has 0 bridgehead atoms. The minimum Gasteiger partial charge on any atom is -0.341 e. The maximum absolute atomic E-state index is 13.5. The maximum atomic E-state index is 13.5. The van der Waals surface area contributed by atoms with Crippen molar-refractivity contribution in [2.45, 2.75) is 13.5 Å². The second-order valence-electron chi connectivity index (χ2n) is 6.19. The van der Waals surface area contributed by atoms with Crippen LogP contribution >= 0.6 is 11.6 Å². The average Bonchev–Trinajstić information content (AvgIpc) is 2.97. The van der Waals surface area contributed by atoms with E-state index >= 15 is 0 Å². The Balaban J connectivity index is 1.76. The lowest BCUT2D eigenvalue weighted by Crippen LogP contribution is -2.13. The largest absolute Gasteiger partial charge is 0.341 e. The molecule has 1 amide bonds. The molecule has 0 aliphatic carbocycles. The molecule has 0 saturated heterocycles. The Morgan fingerprint density at radius 3 is 2.48 bits per heavy atom. The van der Waals surface area contributed by atoms with Crippen LogP contribution in [0.1, 0.15) is 17.3 Å². The zero-order valence-electron chi connectivity index (χ0n) is 14.4. The predicted molar refractivity (Wildman–Crippen MR) is 104 cm³/mol. The minimum atomic E-state index is -1.12. The van der Waals surface area contributed by atoms with Gasteiger partial charge in [-0.15, -0.1) is 0 Å². The van der Waals surface area contributed by atoms with Crippen LogP contribution in [0.5, 0.6) is 0 Å². The summed E-state index contributed by atoms with van der Waals surface area (Å²) >= 11 is 5.89. The third-order valence-electron chi connectivity index (χ3n) is 4.60. The molecule has 0 spiro atoms. The lowest BCUT2D eigenvalue weighted by molar-refractivity contribution is 0.102. The normalized spacial score (nSPS) is 11.3. The van der Waals surface area contributed by atoms with Gasteiger partial charge >= 0.3 is 0 Å². The number of nitrogens with zero attached hydrogens (tertiary/aromatic N) is 1. The Labute approximate surface area is 159 Å². The molecule has 136 valence electrons. The third kappa shape index (κ3) is 2.94. The number of hydrogen-bond donors (Lipinski definition) is 1. The first-order valence-electron chi connectivity index (χ1n) is 8.46. The lowest BCUT2D eigenvalue weighted by atomic mass is 10.1. The van der Waals surface area contributed by atoms with E-state index in [1.54, 1.807) is 6.07 Å². The Kier molecular flexibility index (Phi) is 4.32. The van der Waals surface area contributed by atoms with E-state index in [0.29, 0.717) is 5.69 Å². The van der Waals surface area contributed by atoms with Crippen molar-refractivity contribution < 1.29 is 13.6 Å². The van der Waals surface area contributed by atoms with Crippen LogP contribution in [0.2, 0.25) is 5.02 Å². The summed E-state index contributed by atoms with van der Waals surface area (Å²) in [5.41, 5.74) is 2.60. The van der Waals surface area contributed by atoms with Crippen LogP contribution in [0.4, 0.5) is 14.5 Å². The van der Waals surface area contributed by atoms with Crippen molar-refractivity contribution in [1.82, 2.24) is 4.57 Å². The molecule has 0 aliphatic rings. The van der Waals surface area contributed by atoms with E-state index in [1.807, 2.05) is 30.3 Å². The van der Waals surface area contributed by atoms with Crippen molar-refractivity contribution in [2.24, 2.45) is 0 Å². The number of carbonyl (C=O) groups is 1. The van der Waals surface area contributed by atoms with Crippen molar-refractivity contribution in [3.05, 3.63) is 76.8 Å². The van der Waals surface area contributed by atoms with Crippen LogP contribution in [0, 0.1) is 11.6 Å². The number of rotatable bonds is 3. The van der Waals surface area contributed by atoms with Crippen molar-refractivity contribution in [2.75, 3.05) is 5.32 Å². The van der Waals surface area contributed by atoms with Crippen LogP contribution in [-0.4, -0.2) is 10.5 Å². The monoisotopic (exact) mass is 384 g/mol. The number of carbonyl (C=O) groups excluding carboxylic acids is 1. The van der Waals surface area contributed by atoms with Crippen molar-refractivity contribution >= 4 is 45.0 Å². The molecule has 3 nitrogen and oxygen atoms in total. The first-order chi connectivity index (χ1) is 13.0. The summed E-state index contributed by atoms with van der Waals surface area (Å²) in [7, 11) is 0. The quantitative estimate of drug-likeness (QED) is 0.432. The Bertz CT molecular complexity index is 1200. The van der Waals surface area contributed by atoms with Gasteiger partial charge in [0.2, 0.25) is 0 Å². The van der Waals surface area contributed by atoms with Gasteiger partial charge in [-0.3, -0.25) is 4.79 Å². The van der Waals surface area contributed by atoms with Crippen LogP contribution in [-0.2, 0) is 6.54 Å². The Morgan fingerprint density at radius 2 is 1.70 bits per heavy atom. The summed E-state index contributed by atoms with van der Waals surface area (Å²) in [4.78, 5) is 12.5. The standard InChI is InChI=1S/C21H15ClF2N2O/c1-2-26-19-6-4-3-5-13(19)14-9-12(7-8-20(14)26)25-21(27)15-10-17(23)18(24)11-16(15)22/h3-11H,2H2,1H3,(H,25,27). The molecule has 4 aromatic rings. The van der Waals surface area contributed by atoms with Gasteiger partial charge in [0, 0.05) is 34.0 Å². The number of para-hydroxylation sites is 1. The first-order valence-corrected chi connectivity index (χ1v) is 8.84. The summed E-state index contributed by atoms with van der Waals surface area (Å²) in [5, 5.41) is 4.65. The molecule has 0 unspecified atom stereocenters. The van der Waals surface area contributed by atoms with E-state index < -0.39 is 17.5 Å². The van der Waals surface area contributed by atoms with Crippen LogP contribution in [0.15, 0.2) is 54.6 Å². The lowest BCUT2D eigenvalue weighted by Gasteiger charge is -2.08. The summed E-state index contributed by atoms with van der Waals surface area (Å²) in [6.45, 7) is 2.90. The number of aromatic nitrogens is 1. The predicted octanol–water partition coefficient (Wildman–Crippen LogP) is 6.00. The van der Waals surface area contributed by atoms with E-state index in [4.69, 9.17) is 11.6 Å². The average molecular weight is 385 g/mol. The Morgan fingerprint density at radius 1 is 1.00 bits per heavy atom. The van der Waals surface area contributed by atoms with Gasteiger partial charge in [0.25, 0.3) is 5.91 Å². The van der Waals surface area contributed by atoms with Gasteiger partial charge < -0.3 is 9.88 Å². The number of hydrogen-bond acceptors (Lipinski definition) is 1. The number of halogens is 3. The van der Waals surface area contributed by atoms with Gasteiger partial charge in [-0.25, -0.2) is 8.78 Å². The van der Waals surface area contributed by atoms with Crippen molar-refractivity contribution in [3.8, 4) is 0 Å². The molecular weight excluding hydrogens is 370 g/mol. The van der Waals surface area contributed by atoms with E-state index in [1.165, 1.54) is 0 Å². The van der Waals surface area contributed by atoms with Gasteiger partial charge in [-0.2, -0.15) is 0 Å². The van der Waals surface area contributed by atoms with Crippen LogP contribution in [0.25, 0.3) is 21.8 Å². The van der Waals surface area contributed by atoms with Gasteiger partial charge in [0.15, 0.2) is 11.6 Å². The number of fused-ring (bicyclic) bond motifs is 3. The van der Waals surface area contributed by atoms with Crippen LogP contribution < -0.4 is 5.32 Å². The number of benzene rings is 3. The van der Waals surface area contributed by atoms with E-state index in [2.05, 4.69) is 22.9 Å². The molecule has 3 aromatic carbocycles. The second kappa shape index (κ2) is 6.67. The summed E-state index contributed by atoms with van der Waals surface area (Å²) in [6.07, 6.45) is 0. The molecule has 0 radical (unpaired) electrons. The van der Waals surface area contributed by atoms with E-state index in [0.717, 1.165) is 40.5 Å². The highest BCUT2D eigenvalue weighted by Gasteiger charge is 2.16. The van der Waals surface area contributed by atoms with E-state index in [-0.39, 0.29) is 10.6 Å². The Hall–Kier alpha value is -2.92. The zero-order chi connectivity index (χ0) is 19.1. The molecule has 0 fully saturated rings. The smallest absolute Gasteiger partial charge is 0.257 e. The number of aryl methyl sites for hydroxylation is 1. The SMILES string of the molecule is CCn1c2ccccc2c2cc(NC(=O)c3cc(F)c(F)cc3Cl)ccc21. The second-order valence-corrected chi connectivity index (χ2v) is 6.60. The molecule has 1 N–H and O–H groups in total. The molecule has 0 aliphatic heterocycles. The topological polar surface area (TPSA) is 34.0 Å². The highest BCUT2D eigenvalue weighted by atomic mass is 35.5. The number of anilines is 1. The fraction of sp³-hybridized carbons (Fsp3) is 0.0952. The highest BCUT2D eigenvalue weighted by molar-refractivity contribution is 6.34. The highest BCUT2D eigenvalue weighted by Crippen LogP contribution is 2.31. The van der Waals surface area contributed by atoms with Gasteiger partial charge in [0.05, 0.1) is 10.6 Å². The maximum Gasteiger partial charge on any atom is 0.257 e. The molecule has 0 atom stereocenters. The molecule has 6 heteroatoms. The molecule has 0 saturated carbocycles. The van der Waals surface area contributed by atoms with Crippen LogP contribution in [0.3, 0.4) is 0 Å². The van der Waals surface area contributed by atoms with Crippen molar-refractivity contribution in [3.63, 3.8) is 0 Å². The fourth-order valence-corrected chi connectivity index (χ4v) is 3.60. The summed E-state index contributed by atoms with van der Waals surface area (Å²) < 4.78 is 28.9. The molecule has 4 rings (SSSR count). The zero-order valence-corrected chi connectivity index (χ0v) is 15.1. The van der Waals surface area contributed by atoms with E-state index in [9.17, 15) is 13.6 Å². The molecular formula is C21H15ClF2N2O. The minimum absolute atomic E-state index is 0.119. The van der Waals surface area contributed by atoms with Crippen molar-refractivity contribution in [1.29, 1.82) is 0 Å². The molecule has 1 aromatic heterocycles. The van der Waals surface area contributed by atoms with Gasteiger partial charge in [-0.1, -0.05) is 29.8 Å². The van der Waals surface area contributed by atoms with Gasteiger partial charge in [0.1, 0.15) is 0 Å². The molecule has 1 heterocycles. The molecule has 27 heavy (non-hydrogen) atoms. The first kappa shape index (κ1) is 17.5.